The summed E-state index contributed by atoms with van der Waals surface area (Å²) >= 11 is 1.68. The van der Waals surface area contributed by atoms with Crippen LogP contribution in [0.1, 0.15) is 67.3 Å². The number of nitrogen functional groups attached to an aromatic ring is 1. The average Bonchev–Trinajstić information content (AvgIpc) is 3.11. The molecular weight excluding hydrogens is 641 g/mol. The number of para-hydroxylation sites is 2. The molecule has 1 fully saturated rings. The number of thioether (sulfide) groups is 1. The lowest BCUT2D eigenvalue weighted by Crippen LogP contribution is -2.31. The van der Waals surface area contributed by atoms with Crippen molar-refractivity contribution >= 4 is 46.5 Å². The average molecular weight is 683 g/mol. The molecule has 49 heavy (non-hydrogen) atoms. The summed E-state index contributed by atoms with van der Waals surface area (Å²) in [6.07, 6.45) is 0.639. The molecule has 3 atom stereocenters. The van der Waals surface area contributed by atoms with Crippen molar-refractivity contribution in [2.24, 2.45) is 0 Å². The van der Waals surface area contributed by atoms with E-state index in [0.717, 1.165) is 32.8 Å². The summed E-state index contributed by atoms with van der Waals surface area (Å²) in [4.78, 5) is 37.1. The Balaban J connectivity index is 1.14. The third kappa shape index (κ3) is 10.9. The normalized spacial score (nSPS) is 17.2. The Bertz CT molecular complexity index is 1700. The van der Waals surface area contributed by atoms with Gasteiger partial charge in [-0.05, 0) is 59.5 Å². The number of nitrogens with two attached hydrogens (primary N) is 1. The Labute approximate surface area is 290 Å². The monoisotopic (exact) mass is 682 g/mol. The number of carbonyl (C=O) groups is 3. The Morgan fingerprint density at radius 2 is 1.49 bits per heavy atom. The van der Waals surface area contributed by atoms with E-state index < -0.39 is 6.29 Å². The number of ether oxygens (including phenoxy) is 2. The number of amides is 3. The zero-order valence-corrected chi connectivity index (χ0v) is 28.2. The third-order valence-electron chi connectivity index (χ3n) is 8.01. The molecule has 11 heteroatoms. The predicted molar refractivity (Wildman–Crippen MR) is 192 cm³/mol. The highest BCUT2D eigenvalue weighted by molar-refractivity contribution is 7.99. The van der Waals surface area contributed by atoms with Crippen LogP contribution in [0, 0.1) is 0 Å². The van der Waals surface area contributed by atoms with Gasteiger partial charge in [0.2, 0.25) is 17.7 Å². The van der Waals surface area contributed by atoms with Crippen molar-refractivity contribution in [1.82, 2.24) is 5.32 Å². The molecule has 4 aromatic rings. The van der Waals surface area contributed by atoms with Crippen molar-refractivity contribution in [3.8, 4) is 0 Å². The van der Waals surface area contributed by atoms with Crippen LogP contribution in [-0.2, 0) is 37.0 Å². The van der Waals surface area contributed by atoms with Gasteiger partial charge in [-0.1, -0.05) is 60.7 Å². The fourth-order valence-corrected chi connectivity index (χ4v) is 6.29. The Morgan fingerprint density at radius 1 is 0.816 bits per heavy atom. The van der Waals surface area contributed by atoms with Crippen molar-refractivity contribution in [2.75, 3.05) is 22.1 Å². The smallest absolute Gasteiger partial charge is 0.224 e. The molecular formula is C38H42N4O6S. The van der Waals surface area contributed by atoms with Gasteiger partial charge in [0.15, 0.2) is 6.29 Å². The molecule has 3 amide bonds. The fraction of sp³-hybridized carbons (Fsp3) is 0.289. The van der Waals surface area contributed by atoms with Crippen LogP contribution in [0.4, 0.5) is 17.1 Å². The van der Waals surface area contributed by atoms with Crippen LogP contribution in [0.2, 0.25) is 0 Å². The number of aliphatic hydroxyl groups is 1. The quantitative estimate of drug-likeness (QED) is 0.0749. The highest BCUT2D eigenvalue weighted by atomic mass is 32.2. The minimum Gasteiger partial charge on any atom is -0.397 e. The van der Waals surface area contributed by atoms with Crippen LogP contribution in [-0.4, -0.2) is 34.7 Å². The van der Waals surface area contributed by atoms with Crippen molar-refractivity contribution < 1.29 is 29.0 Å². The van der Waals surface area contributed by atoms with Gasteiger partial charge < -0.3 is 36.3 Å². The van der Waals surface area contributed by atoms with E-state index in [1.54, 1.807) is 36.0 Å². The van der Waals surface area contributed by atoms with Crippen LogP contribution in [0.3, 0.4) is 0 Å². The molecule has 0 bridgehead atoms. The van der Waals surface area contributed by atoms with Gasteiger partial charge in [-0.3, -0.25) is 14.4 Å². The topological polar surface area (TPSA) is 152 Å². The van der Waals surface area contributed by atoms with E-state index >= 15 is 0 Å². The molecule has 10 nitrogen and oxygen atoms in total. The first-order valence-corrected chi connectivity index (χ1v) is 17.2. The lowest BCUT2D eigenvalue weighted by molar-refractivity contribution is -0.245. The molecule has 0 unspecified atom stereocenters. The molecule has 1 aliphatic heterocycles. The van der Waals surface area contributed by atoms with E-state index in [1.165, 1.54) is 6.92 Å². The van der Waals surface area contributed by atoms with Crippen LogP contribution in [0.5, 0.6) is 0 Å². The van der Waals surface area contributed by atoms with E-state index in [4.69, 9.17) is 15.2 Å². The molecule has 1 heterocycles. The first-order chi connectivity index (χ1) is 23.7. The molecule has 6 N–H and O–H groups in total. The van der Waals surface area contributed by atoms with E-state index in [0.29, 0.717) is 36.5 Å². The van der Waals surface area contributed by atoms with Gasteiger partial charge in [0.05, 0.1) is 30.2 Å². The lowest BCUT2D eigenvalue weighted by Gasteiger charge is -2.36. The maximum absolute atomic E-state index is 12.5. The van der Waals surface area contributed by atoms with Gasteiger partial charge in [-0.15, -0.1) is 11.8 Å². The number of carbonyl (C=O) groups excluding carboxylic acids is 3. The van der Waals surface area contributed by atoms with Crippen LogP contribution >= 0.6 is 11.8 Å². The molecule has 4 aromatic carbocycles. The van der Waals surface area contributed by atoms with Crippen molar-refractivity contribution in [2.45, 2.75) is 69.2 Å². The summed E-state index contributed by atoms with van der Waals surface area (Å²) < 4.78 is 12.9. The largest absolute Gasteiger partial charge is 0.397 e. The maximum atomic E-state index is 12.5. The SMILES string of the molecule is CC(=O)Nc1ccc(SC[C@@H]2C[C@H](c3ccc(CO)cc3)O[C@H](c3ccc(CNC(=O)CCCC(=O)Nc4ccccc4N)cc3)O2)cc1. The predicted octanol–water partition coefficient (Wildman–Crippen LogP) is 6.48. The minimum atomic E-state index is -0.593. The van der Waals surface area contributed by atoms with E-state index in [2.05, 4.69) is 16.0 Å². The molecule has 1 saturated heterocycles. The zero-order valence-electron chi connectivity index (χ0n) is 27.4. The summed E-state index contributed by atoms with van der Waals surface area (Å²) in [5.74, 6) is 0.282. The van der Waals surface area contributed by atoms with Gasteiger partial charge in [0.1, 0.15) is 0 Å². The second-order valence-corrected chi connectivity index (χ2v) is 13.0. The van der Waals surface area contributed by atoms with Crippen LogP contribution < -0.4 is 21.7 Å². The molecule has 256 valence electrons. The minimum absolute atomic E-state index is 0.0217. The first-order valence-electron chi connectivity index (χ1n) is 16.3. The van der Waals surface area contributed by atoms with Gasteiger partial charge in [-0.2, -0.15) is 0 Å². The van der Waals surface area contributed by atoms with E-state index in [9.17, 15) is 19.5 Å². The Kier molecular flexibility index (Phi) is 12.8. The summed E-state index contributed by atoms with van der Waals surface area (Å²) in [6, 6.07) is 30.4. The number of hydrogen-bond acceptors (Lipinski definition) is 8. The standard InChI is InChI=1S/C38H42N4O6S/c1-25(44)41-30-17-19-32(20-18-30)49-24-31-21-35(28-13-11-27(23-43)12-14-28)48-38(47-31)29-15-9-26(10-16-29)22-40-36(45)7-4-8-37(46)42-34-6-3-2-5-33(34)39/h2-3,5-6,9-20,31,35,38,43H,4,7-8,21-24,39H2,1H3,(H,40,45)(H,41,44)(H,42,46)/t31-,35+,38+/m0/s1. The maximum Gasteiger partial charge on any atom is 0.224 e. The summed E-state index contributed by atoms with van der Waals surface area (Å²) in [5, 5.41) is 18.0. The van der Waals surface area contributed by atoms with Crippen molar-refractivity contribution in [1.29, 1.82) is 0 Å². The first kappa shape index (κ1) is 35.6. The number of anilines is 3. The fourth-order valence-electron chi connectivity index (χ4n) is 5.36. The van der Waals surface area contributed by atoms with Crippen LogP contribution in [0.15, 0.2) is 102 Å². The second-order valence-electron chi connectivity index (χ2n) is 11.9. The highest BCUT2D eigenvalue weighted by Gasteiger charge is 2.32. The van der Waals surface area contributed by atoms with Gasteiger partial charge in [-0.25, -0.2) is 0 Å². The van der Waals surface area contributed by atoms with Crippen molar-refractivity contribution in [3.63, 3.8) is 0 Å². The Morgan fingerprint density at radius 3 is 2.18 bits per heavy atom. The number of hydrogen-bond donors (Lipinski definition) is 5. The molecule has 0 radical (unpaired) electrons. The number of nitrogens with one attached hydrogen (secondary N) is 3. The van der Waals surface area contributed by atoms with E-state index in [-0.39, 0.29) is 49.4 Å². The Hall–Kier alpha value is -4.68. The molecule has 0 saturated carbocycles. The van der Waals surface area contributed by atoms with Crippen molar-refractivity contribution in [3.05, 3.63) is 119 Å². The van der Waals surface area contributed by atoms with Gasteiger partial charge in [0, 0.05) is 54.6 Å². The summed E-state index contributed by atoms with van der Waals surface area (Å²) in [7, 11) is 0. The van der Waals surface area contributed by atoms with Gasteiger partial charge >= 0.3 is 0 Å². The molecule has 5 rings (SSSR count). The number of rotatable bonds is 14. The second kappa shape index (κ2) is 17.6. The molecule has 0 aromatic heterocycles. The number of aliphatic hydroxyl groups excluding tert-OH is 1. The molecule has 0 spiro atoms. The van der Waals surface area contributed by atoms with Gasteiger partial charge in [0.25, 0.3) is 0 Å². The lowest BCUT2D eigenvalue weighted by atomic mass is 10.0. The number of benzene rings is 4. The molecule has 1 aliphatic rings. The van der Waals surface area contributed by atoms with Crippen LogP contribution in [0.25, 0.3) is 0 Å². The van der Waals surface area contributed by atoms with E-state index in [1.807, 2.05) is 72.8 Å². The molecule has 0 aliphatic carbocycles. The zero-order chi connectivity index (χ0) is 34.6. The summed E-state index contributed by atoms with van der Waals surface area (Å²) in [5.41, 5.74) is 11.3. The highest BCUT2D eigenvalue weighted by Crippen LogP contribution is 2.39. The third-order valence-corrected chi connectivity index (χ3v) is 9.15. The summed E-state index contributed by atoms with van der Waals surface area (Å²) in [6.45, 7) is 1.82.